The molecule has 5 nitrogen and oxygen atoms in total. The number of nitrogens with zero attached hydrogens (tertiary/aromatic N) is 1. The highest BCUT2D eigenvalue weighted by molar-refractivity contribution is 5.83. The molecule has 0 aromatic heterocycles. The summed E-state index contributed by atoms with van der Waals surface area (Å²) < 4.78 is 5.30. The monoisotopic (exact) mass is 255 g/mol. The van der Waals surface area contributed by atoms with Crippen molar-refractivity contribution in [3.8, 4) is 0 Å². The van der Waals surface area contributed by atoms with Crippen LogP contribution in [0, 0.1) is 11.8 Å². The molecule has 0 saturated carbocycles. The Bertz CT molecular complexity index is 342. The summed E-state index contributed by atoms with van der Waals surface area (Å²) in [6.45, 7) is 5.91. The van der Waals surface area contributed by atoms with Crippen molar-refractivity contribution in [2.75, 3.05) is 13.1 Å². The van der Waals surface area contributed by atoms with Gasteiger partial charge in [-0.2, -0.15) is 0 Å². The van der Waals surface area contributed by atoms with E-state index in [2.05, 4.69) is 13.8 Å². The van der Waals surface area contributed by atoms with E-state index in [0.29, 0.717) is 24.7 Å². The average molecular weight is 255 g/mol. The van der Waals surface area contributed by atoms with Gasteiger partial charge in [0, 0.05) is 13.1 Å². The fourth-order valence-electron chi connectivity index (χ4n) is 2.74. The number of ether oxygens (including phenoxy) is 1. The quantitative estimate of drug-likeness (QED) is 0.820. The van der Waals surface area contributed by atoms with Gasteiger partial charge in [0.25, 0.3) is 5.91 Å². The smallest absolute Gasteiger partial charge is 0.332 e. The molecule has 2 aliphatic rings. The Morgan fingerprint density at radius 3 is 2.39 bits per heavy atom. The van der Waals surface area contributed by atoms with Crippen LogP contribution < -0.4 is 0 Å². The van der Waals surface area contributed by atoms with Crippen molar-refractivity contribution in [2.24, 2.45) is 11.8 Å². The Morgan fingerprint density at radius 2 is 1.89 bits per heavy atom. The first kappa shape index (κ1) is 13.3. The molecular formula is C13H21NO4. The Kier molecular flexibility index (Phi) is 3.90. The minimum Gasteiger partial charge on any atom is -0.479 e. The maximum Gasteiger partial charge on any atom is 0.332 e. The molecule has 102 valence electrons. The third-order valence-electron chi connectivity index (χ3n) is 4.05. The SMILES string of the molecule is CC(C)C1CCN(C(=O)[C@@H]2CC[C@H](C(=O)O)O2)C1. The number of amides is 1. The van der Waals surface area contributed by atoms with Gasteiger partial charge in [-0.15, -0.1) is 0 Å². The van der Waals surface area contributed by atoms with Crippen LogP contribution in [0.25, 0.3) is 0 Å². The molecule has 0 aromatic rings. The summed E-state index contributed by atoms with van der Waals surface area (Å²) in [5, 5.41) is 8.84. The van der Waals surface area contributed by atoms with E-state index >= 15 is 0 Å². The second-order valence-corrected chi connectivity index (χ2v) is 5.61. The molecule has 0 aromatic carbocycles. The lowest BCUT2D eigenvalue weighted by Crippen LogP contribution is -2.38. The lowest BCUT2D eigenvalue weighted by atomic mass is 9.95. The van der Waals surface area contributed by atoms with Crippen LogP contribution in [0.1, 0.15) is 33.1 Å². The van der Waals surface area contributed by atoms with E-state index in [1.807, 2.05) is 4.90 Å². The number of aliphatic carboxylic acids is 1. The molecule has 2 aliphatic heterocycles. The molecule has 2 saturated heterocycles. The van der Waals surface area contributed by atoms with E-state index in [1.165, 1.54) is 0 Å². The number of carboxylic acid groups (broad SMARTS) is 1. The van der Waals surface area contributed by atoms with Crippen molar-refractivity contribution in [1.29, 1.82) is 0 Å². The second-order valence-electron chi connectivity index (χ2n) is 5.61. The van der Waals surface area contributed by atoms with E-state index in [1.54, 1.807) is 0 Å². The van der Waals surface area contributed by atoms with Gasteiger partial charge in [-0.25, -0.2) is 4.79 Å². The summed E-state index contributed by atoms with van der Waals surface area (Å²) in [7, 11) is 0. The van der Waals surface area contributed by atoms with Crippen LogP contribution >= 0.6 is 0 Å². The zero-order valence-electron chi connectivity index (χ0n) is 11.0. The van der Waals surface area contributed by atoms with E-state index < -0.39 is 18.2 Å². The van der Waals surface area contributed by atoms with Crippen LogP contribution in [0.15, 0.2) is 0 Å². The topological polar surface area (TPSA) is 66.8 Å². The van der Waals surface area contributed by atoms with Crippen molar-refractivity contribution >= 4 is 11.9 Å². The number of likely N-dealkylation sites (tertiary alicyclic amines) is 1. The van der Waals surface area contributed by atoms with Gasteiger partial charge >= 0.3 is 5.97 Å². The van der Waals surface area contributed by atoms with Crippen LogP contribution in [0.3, 0.4) is 0 Å². The number of carbonyl (C=O) groups excluding carboxylic acids is 1. The summed E-state index contributed by atoms with van der Waals surface area (Å²) in [4.78, 5) is 24.8. The lowest BCUT2D eigenvalue weighted by Gasteiger charge is -2.21. The van der Waals surface area contributed by atoms with Crippen LogP contribution in [-0.4, -0.2) is 47.2 Å². The van der Waals surface area contributed by atoms with Crippen molar-refractivity contribution in [3.05, 3.63) is 0 Å². The minimum atomic E-state index is -0.966. The fourth-order valence-corrected chi connectivity index (χ4v) is 2.74. The minimum absolute atomic E-state index is 0.0260. The predicted molar refractivity (Wildman–Crippen MR) is 65.1 cm³/mol. The molecule has 1 N–H and O–H groups in total. The largest absolute Gasteiger partial charge is 0.479 e. The molecule has 1 unspecified atom stereocenters. The second kappa shape index (κ2) is 5.26. The Hall–Kier alpha value is -1.10. The van der Waals surface area contributed by atoms with E-state index in [4.69, 9.17) is 9.84 Å². The number of hydrogen-bond donors (Lipinski definition) is 1. The number of rotatable bonds is 3. The van der Waals surface area contributed by atoms with Gasteiger partial charge < -0.3 is 14.7 Å². The molecule has 0 aliphatic carbocycles. The lowest BCUT2D eigenvalue weighted by molar-refractivity contribution is -0.154. The van der Waals surface area contributed by atoms with Crippen molar-refractivity contribution in [2.45, 2.75) is 45.3 Å². The van der Waals surface area contributed by atoms with E-state index in [0.717, 1.165) is 19.5 Å². The highest BCUT2D eigenvalue weighted by Gasteiger charge is 2.38. The molecule has 0 radical (unpaired) electrons. The zero-order chi connectivity index (χ0) is 13.3. The molecule has 2 fully saturated rings. The van der Waals surface area contributed by atoms with Crippen molar-refractivity contribution < 1.29 is 19.4 Å². The normalized spacial score (nSPS) is 32.2. The Labute approximate surface area is 107 Å². The van der Waals surface area contributed by atoms with Gasteiger partial charge in [0.15, 0.2) is 6.10 Å². The predicted octanol–water partition coefficient (Wildman–Crippen LogP) is 1.12. The van der Waals surface area contributed by atoms with E-state index in [9.17, 15) is 9.59 Å². The standard InChI is InChI=1S/C13H21NO4/c1-8(2)9-5-6-14(7-9)12(15)10-3-4-11(18-10)13(16)17/h8-11H,3-7H2,1-2H3,(H,16,17)/t9?,10-,11+/m0/s1. The Morgan fingerprint density at radius 1 is 1.22 bits per heavy atom. The Balaban J connectivity index is 1.88. The summed E-state index contributed by atoms with van der Waals surface area (Å²) in [6, 6.07) is 0. The third-order valence-corrected chi connectivity index (χ3v) is 4.05. The third kappa shape index (κ3) is 2.66. The number of carboxylic acids is 1. The van der Waals surface area contributed by atoms with Crippen LogP contribution in [0.4, 0.5) is 0 Å². The summed E-state index contributed by atoms with van der Waals surface area (Å²) in [5.41, 5.74) is 0. The van der Waals surface area contributed by atoms with Gasteiger partial charge in [0.2, 0.25) is 0 Å². The van der Waals surface area contributed by atoms with Gasteiger partial charge in [0.1, 0.15) is 6.10 Å². The number of carbonyl (C=O) groups is 2. The van der Waals surface area contributed by atoms with Crippen molar-refractivity contribution in [1.82, 2.24) is 4.90 Å². The van der Waals surface area contributed by atoms with Crippen LogP contribution in [-0.2, 0) is 14.3 Å². The summed E-state index contributed by atoms with van der Waals surface area (Å²) in [6.07, 6.45) is 0.657. The molecule has 2 rings (SSSR count). The molecule has 0 bridgehead atoms. The van der Waals surface area contributed by atoms with E-state index in [-0.39, 0.29) is 5.91 Å². The summed E-state index contributed by atoms with van der Waals surface area (Å²) >= 11 is 0. The highest BCUT2D eigenvalue weighted by Crippen LogP contribution is 2.27. The first-order valence-corrected chi connectivity index (χ1v) is 6.66. The number of hydrogen-bond acceptors (Lipinski definition) is 3. The van der Waals surface area contributed by atoms with Crippen LogP contribution in [0.2, 0.25) is 0 Å². The molecule has 18 heavy (non-hydrogen) atoms. The van der Waals surface area contributed by atoms with Crippen LogP contribution in [0.5, 0.6) is 0 Å². The summed E-state index contributed by atoms with van der Waals surface area (Å²) in [5.74, 6) is 0.151. The molecule has 3 atom stereocenters. The molecule has 5 heteroatoms. The van der Waals surface area contributed by atoms with Gasteiger partial charge in [-0.05, 0) is 31.1 Å². The first-order chi connectivity index (χ1) is 8.49. The van der Waals surface area contributed by atoms with Gasteiger partial charge in [0.05, 0.1) is 0 Å². The van der Waals surface area contributed by atoms with Gasteiger partial charge in [-0.3, -0.25) is 4.79 Å². The van der Waals surface area contributed by atoms with Crippen molar-refractivity contribution in [3.63, 3.8) is 0 Å². The maximum absolute atomic E-state index is 12.2. The zero-order valence-corrected chi connectivity index (χ0v) is 11.0. The maximum atomic E-state index is 12.2. The molecule has 1 amide bonds. The highest BCUT2D eigenvalue weighted by atomic mass is 16.5. The molecular weight excluding hydrogens is 234 g/mol. The van der Waals surface area contributed by atoms with Gasteiger partial charge in [-0.1, -0.05) is 13.8 Å². The first-order valence-electron chi connectivity index (χ1n) is 6.66. The average Bonchev–Trinajstić information content (AvgIpc) is 2.97. The molecule has 2 heterocycles. The fraction of sp³-hybridized carbons (Fsp3) is 0.846. The molecule has 0 spiro atoms.